The average molecular weight is 342 g/mol. The van der Waals surface area contributed by atoms with Gasteiger partial charge in [-0.3, -0.25) is 0 Å². The van der Waals surface area contributed by atoms with E-state index in [0.717, 1.165) is 41.1 Å². The van der Waals surface area contributed by atoms with Gasteiger partial charge < -0.3 is 19.5 Å². The summed E-state index contributed by atoms with van der Waals surface area (Å²) in [4.78, 5) is 17.8. The SMILES string of the molecule is COc1ccc2cc3c(nc2c1)N(c1ccc(C(=O)[O-])cc1)CC3.[Na+]. The smallest absolute Gasteiger partial charge is 0.545 e. The number of carbonyl (C=O) groups excluding carboxylic acids is 1. The number of carboxylic acid groups (broad SMARTS) is 1. The van der Waals surface area contributed by atoms with Crippen LogP contribution < -0.4 is 44.3 Å². The Bertz CT molecular complexity index is 941. The first-order chi connectivity index (χ1) is 11.7. The molecule has 1 aliphatic rings. The third-order valence-electron chi connectivity index (χ3n) is 4.36. The molecule has 2 heterocycles. The van der Waals surface area contributed by atoms with Crippen LogP contribution in [0.25, 0.3) is 10.9 Å². The van der Waals surface area contributed by atoms with Gasteiger partial charge in [0.15, 0.2) is 0 Å². The number of pyridine rings is 1. The van der Waals surface area contributed by atoms with Gasteiger partial charge >= 0.3 is 29.6 Å². The molecule has 0 spiro atoms. The number of benzene rings is 2. The number of nitrogens with zero attached hydrogens (tertiary/aromatic N) is 2. The summed E-state index contributed by atoms with van der Waals surface area (Å²) >= 11 is 0. The number of anilines is 2. The summed E-state index contributed by atoms with van der Waals surface area (Å²) in [6.07, 6.45) is 0.909. The van der Waals surface area contributed by atoms with Gasteiger partial charge in [-0.15, -0.1) is 0 Å². The van der Waals surface area contributed by atoms with Crippen LogP contribution in [0.2, 0.25) is 0 Å². The van der Waals surface area contributed by atoms with Crippen LogP contribution in [0.1, 0.15) is 15.9 Å². The van der Waals surface area contributed by atoms with E-state index in [9.17, 15) is 9.90 Å². The normalized spacial score (nSPS) is 12.6. The summed E-state index contributed by atoms with van der Waals surface area (Å²) in [7, 11) is 1.64. The van der Waals surface area contributed by atoms with Crippen molar-refractivity contribution in [3.8, 4) is 5.75 Å². The summed E-state index contributed by atoms with van der Waals surface area (Å²) in [6.45, 7) is 0.820. The number of hydrogen-bond acceptors (Lipinski definition) is 5. The maximum Gasteiger partial charge on any atom is 1.00 e. The van der Waals surface area contributed by atoms with Crippen molar-refractivity contribution in [1.29, 1.82) is 0 Å². The predicted molar refractivity (Wildman–Crippen MR) is 89.8 cm³/mol. The van der Waals surface area contributed by atoms with E-state index in [-0.39, 0.29) is 35.1 Å². The number of carbonyl (C=O) groups is 1. The second-order valence-electron chi connectivity index (χ2n) is 5.77. The number of aromatic nitrogens is 1. The molecule has 3 aromatic rings. The maximum atomic E-state index is 10.9. The van der Waals surface area contributed by atoms with E-state index in [0.29, 0.717) is 0 Å². The summed E-state index contributed by atoms with van der Waals surface area (Å²) in [5.41, 5.74) is 3.17. The topological polar surface area (TPSA) is 65.5 Å². The quantitative estimate of drug-likeness (QED) is 0.589. The fourth-order valence-electron chi connectivity index (χ4n) is 3.09. The Balaban J connectivity index is 0.00000182. The molecule has 0 amide bonds. The van der Waals surface area contributed by atoms with Crippen LogP contribution in [0, 0.1) is 0 Å². The number of aromatic carboxylic acids is 1. The molecule has 6 heteroatoms. The Morgan fingerprint density at radius 3 is 2.60 bits per heavy atom. The van der Waals surface area contributed by atoms with Gasteiger partial charge in [-0.05, 0) is 47.9 Å². The Morgan fingerprint density at radius 2 is 1.92 bits per heavy atom. The molecule has 0 N–H and O–H groups in total. The fraction of sp³-hybridized carbons (Fsp3) is 0.158. The second-order valence-corrected chi connectivity index (χ2v) is 5.77. The van der Waals surface area contributed by atoms with Crippen molar-refractivity contribution >= 4 is 28.4 Å². The number of hydrogen-bond donors (Lipinski definition) is 0. The largest absolute Gasteiger partial charge is 1.00 e. The second kappa shape index (κ2) is 7.04. The summed E-state index contributed by atoms with van der Waals surface area (Å²) in [6, 6.07) is 14.7. The van der Waals surface area contributed by atoms with Crippen LogP contribution in [-0.4, -0.2) is 24.6 Å². The minimum absolute atomic E-state index is 0. The summed E-state index contributed by atoms with van der Waals surface area (Å²) in [5.74, 6) is 0.523. The molecule has 1 aliphatic heterocycles. The number of rotatable bonds is 3. The van der Waals surface area contributed by atoms with Crippen LogP contribution in [0.5, 0.6) is 5.75 Å². The van der Waals surface area contributed by atoms with E-state index in [1.807, 2.05) is 18.2 Å². The average Bonchev–Trinajstić information content (AvgIpc) is 3.02. The van der Waals surface area contributed by atoms with Gasteiger partial charge in [-0.25, -0.2) is 4.98 Å². The molecule has 0 saturated carbocycles. The molecule has 5 nitrogen and oxygen atoms in total. The summed E-state index contributed by atoms with van der Waals surface area (Å²) < 4.78 is 5.27. The molecule has 0 radical (unpaired) electrons. The fourth-order valence-corrected chi connectivity index (χ4v) is 3.09. The number of carboxylic acids is 1. The molecule has 0 fully saturated rings. The van der Waals surface area contributed by atoms with E-state index in [2.05, 4.69) is 11.0 Å². The number of fused-ring (bicyclic) bond motifs is 2. The molecule has 25 heavy (non-hydrogen) atoms. The molecule has 4 rings (SSSR count). The van der Waals surface area contributed by atoms with Gasteiger partial charge in [0.1, 0.15) is 11.6 Å². The Labute approximate surface area is 167 Å². The van der Waals surface area contributed by atoms with Crippen LogP contribution in [0.3, 0.4) is 0 Å². The molecule has 0 unspecified atom stereocenters. The van der Waals surface area contributed by atoms with E-state index >= 15 is 0 Å². The zero-order chi connectivity index (χ0) is 16.7. The first-order valence-electron chi connectivity index (χ1n) is 7.72. The monoisotopic (exact) mass is 342 g/mol. The van der Waals surface area contributed by atoms with Crippen molar-refractivity contribution in [2.24, 2.45) is 0 Å². The van der Waals surface area contributed by atoms with Gasteiger partial charge in [0.2, 0.25) is 0 Å². The number of methoxy groups -OCH3 is 1. The van der Waals surface area contributed by atoms with Crippen molar-refractivity contribution in [3.05, 3.63) is 59.7 Å². The van der Waals surface area contributed by atoms with Gasteiger partial charge in [0.05, 0.1) is 18.6 Å². The first-order valence-corrected chi connectivity index (χ1v) is 7.72. The van der Waals surface area contributed by atoms with E-state index in [4.69, 9.17) is 9.72 Å². The summed E-state index contributed by atoms with van der Waals surface area (Å²) in [5, 5.41) is 12.0. The van der Waals surface area contributed by atoms with E-state index in [1.54, 1.807) is 31.4 Å². The van der Waals surface area contributed by atoms with Crippen LogP contribution in [0.15, 0.2) is 48.5 Å². The van der Waals surface area contributed by atoms with Gasteiger partial charge in [0.25, 0.3) is 0 Å². The van der Waals surface area contributed by atoms with E-state index < -0.39 is 5.97 Å². The molecule has 0 bridgehead atoms. The molecule has 120 valence electrons. The van der Waals surface area contributed by atoms with Crippen LogP contribution in [0.4, 0.5) is 11.5 Å². The van der Waals surface area contributed by atoms with Crippen LogP contribution >= 0.6 is 0 Å². The van der Waals surface area contributed by atoms with Crippen molar-refractivity contribution in [3.63, 3.8) is 0 Å². The van der Waals surface area contributed by atoms with E-state index in [1.165, 1.54) is 5.56 Å². The Morgan fingerprint density at radius 1 is 1.16 bits per heavy atom. The standard InChI is InChI=1S/C19H16N2O3.Na/c1-24-16-7-4-13-10-14-8-9-21(18(14)20-17(13)11-16)15-5-2-12(3-6-15)19(22)23;/h2-7,10-11H,8-9H2,1H3,(H,22,23);/q;+1/p-1. The maximum absolute atomic E-state index is 10.9. The molecule has 0 atom stereocenters. The molecular formula is C19H15N2NaO3. The van der Waals surface area contributed by atoms with Crippen LogP contribution in [-0.2, 0) is 6.42 Å². The zero-order valence-corrected chi connectivity index (χ0v) is 16.2. The molecule has 0 saturated heterocycles. The van der Waals surface area contributed by atoms with Crippen molar-refractivity contribution < 1.29 is 44.2 Å². The zero-order valence-electron chi connectivity index (χ0n) is 14.2. The molecule has 0 aliphatic carbocycles. The molecule has 1 aromatic heterocycles. The Kier molecular flexibility index (Phi) is 4.99. The van der Waals surface area contributed by atoms with Gasteiger partial charge in [-0.1, -0.05) is 12.1 Å². The van der Waals surface area contributed by atoms with Gasteiger partial charge in [0, 0.05) is 23.7 Å². The third-order valence-corrected chi connectivity index (χ3v) is 4.36. The third kappa shape index (κ3) is 3.23. The van der Waals surface area contributed by atoms with Crippen molar-refractivity contribution in [2.75, 3.05) is 18.6 Å². The number of ether oxygens (including phenoxy) is 1. The Hall–Kier alpha value is -2.08. The molecule has 2 aromatic carbocycles. The minimum Gasteiger partial charge on any atom is -0.545 e. The van der Waals surface area contributed by atoms with Crippen molar-refractivity contribution in [2.45, 2.75) is 6.42 Å². The first kappa shape index (κ1) is 17.7. The van der Waals surface area contributed by atoms with Gasteiger partial charge in [-0.2, -0.15) is 0 Å². The van der Waals surface area contributed by atoms with Crippen molar-refractivity contribution in [1.82, 2.24) is 4.98 Å². The molecular weight excluding hydrogens is 327 g/mol. The predicted octanol–water partition coefficient (Wildman–Crippen LogP) is -0.695. The minimum atomic E-state index is -1.17.